The van der Waals surface area contributed by atoms with Crippen LogP contribution in [0.2, 0.25) is 0 Å². The molecule has 0 heterocycles. The molecule has 2 aliphatic carbocycles. The summed E-state index contributed by atoms with van der Waals surface area (Å²) in [5.74, 6) is 0.374. The lowest BCUT2D eigenvalue weighted by molar-refractivity contribution is 0.259. The molecule has 0 bridgehead atoms. The normalized spacial score (nSPS) is 26.5. The summed E-state index contributed by atoms with van der Waals surface area (Å²) < 4.78 is 13.6. The van der Waals surface area contributed by atoms with Crippen molar-refractivity contribution in [3.63, 3.8) is 0 Å². The van der Waals surface area contributed by atoms with Gasteiger partial charge in [0.15, 0.2) is 0 Å². The maximum Gasteiger partial charge on any atom is 0.126 e. The van der Waals surface area contributed by atoms with E-state index in [1.54, 1.807) is 12.1 Å². The minimum absolute atomic E-state index is 0.0422. The molecule has 0 atom stereocenters. The fourth-order valence-electron chi connectivity index (χ4n) is 2.99. The minimum atomic E-state index is -0.0422. The number of rotatable bonds is 6. The molecule has 2 aliphatic rings. The Morgan fingerprint density at radius 1 is 1.26 bits per heavy atom. The number of hydrogen-bond donors (Lipinski definition) is 1. The summed E-state index contributed by atoms with van der Waals surface area (Å²) in [5, 5.41) is 3.59. The Morgan fingerprint density at radius 3 is 2.68 bits per heavy atom. The molecule has 0 aromatic heterocycles. The third kappa shape index (κ3) is 3.15. The number of halogens is 1. The highest BCUT2D eigenvalue weighted by atomic mass is 19.1. The quantitative estimate of drug-likeness (QED) is 0.848. The van der Waals surface area contributed by atoms with Gasteiger partial charge < -0.3 is 10.2 Å². The molecule has 2 fully saturated rings. The number of nitrogens with zero attached hydrogens (tertiary/aromatic N) is 1. The highest BCUT2D eigenvalue weighted by Crippen LogP contribution is 2.37. The first-order chi connectivity index (χ1) is 9.24. The molecule has 1 N–H and O–H groups in total. The van der Waals surface area contributed by atoms with E-state index in [0.717, 1.165) is 37.5 Å². The van der Waals surface area contributed by atoms with Gasteiger partial charge in [-0.25, -0.2) is 4.39 Å². The van der Waals surface area contributed by atoms with Crippen LogP contribution in [0.25, 0.3) is 0 Å². The first kappa shape index (κ1) is 13.1. The maximum absolute atomic E-state index is 13.6. The van der Waals surface area contributed by atoms with Gasteiger partial charge in [0.05, 0.1) is 0 Å². The molecule has 0 aliphatic heterocycles. The minimum Gasteiger partial charge on any atom is -0.313 e. The molecule has 2 nitrogen and oxygen atoms in total. The zero-order chi connectivity index (χ0) is 13.2. The van der Waals surface area contributed by atoms with Crippen LogP contribution in [0.3, 0.4) is 0 Å². The fourth-order valence-corrected chi connectivity index (χ4v) is 2.99. The van der Waals surface area contributed by atoms with Crippen LogP contribution in [0.15, 0.2) is 24.3 Å². The molecule has 0 spiro atoms. The Morgan fingerprint density at radius 2 is 2.00 bits per heavy atom. The summed E-state index contributed by atoms with van der Waals surface area (Å²) in [7, 11) is 2.21. The van der Waals surface area contributed by atoms with Crippen LogP contribution in [0.5, 0.6) is 0 Å². The summed E-state index contributed by atoms with van der Waals surface area (Å²) in [6.45, 7) is 2.19. The zero-order valence-electron chi connectivity index (χ0n) is 11.6. The van der Waals surface area contributed by atoms with Crippen molar-refractivity contribution in [2.24, 2.45) is 0 Å². The van der Waals surface area contributed by atoms with Crippen molar-refractivity contribution in [2.45, 2.75) is 43.7 Å². The van der Waals surface area contributed by atoms with Crippen molar-refractivity contribution in [1.82, 2.24) is 10.2 Å². The molecule has 19 heavy (non-hydrogen) atoms. The van der Waals surface area contributed by atoms with E-state index in [4.69, 9.17) is 0 Å². The van der Waals surface area contributed by atoms with E-state index >= 15 is 0 Å². The van der Waals surface area contributed by atoms with Crippen molar-refractivity contribution >= 4 is 0 Å². The van der Waals surface area contributed by atoms with Gasteiger partial charge in [0.25, 0.3) is 0 Å². The summed E-state index contributed by atoms with van der Waals surface area (Å²) >= 11 is 0. The van der Waals surface area contributed by atoms with Gasteiger partial charge in [-0.1, -0.05) is 18.2 Å². The Hall–Kier alpha value is -0.930. The van der Waals surface area contributed by atoms with Gasteiger partial charge in [0.2, 0.25) is 0 Å². The van der Waals surface area contributed by atoms with E-state index in [-0.39, 0.29) is 5.82 Å². The summed E-state index contributed by atoms with van der Waals surface area (Å²) in [6, 6.07) is 8.62. The summed E-state index contributed by atoms with van der Waals surface area (Å²) in [4.78, 5) is 2.44. The van der Waals surface area contributed by atoms with E-state index in [0.29, 0.717) is 12.0 Å². The zero-order valence-corrected chi connectivity index (χ0v) is 11.6. The second-order valence-electron chi connectivity index (χ2n) is 6.05. The lowest BCUT2D eigenvalue weighted by atomic mass is 9.75. The first-order valence-corrected chi connectivity index (χ1v) is 7.42. The molecule has 0 saturated heterocycles. The van der Waals surface area contributed by atoms with E-state index < -0.39 is 0 Å². The first-order valence-electron chi connectivity index (χ1n) is 7.42. The van der Waals surface area contributed by atoms with Gasteiger partial charge in [0, 0.05) is 25.2 Å². The van der Waals surface area contributed by atoms with Crippen molar-refractivity contribution in [2.75, 3.05) is 20.1 Å². The van der Waals surface area contributed by atoms with Gasteiger partial charge in [-0.15, -0.1) is 0 Å². The second-order valence-corrected chi connectivity index (χ2v) is 6.05. The van der Waals surface area contributed by atoms with Gasteiger partial charge in [-0.05, 0) is 50.3 Å². The smallest absolute Gasteiger partial charge is 0.126 e. The molecular formula is C16H23FN2. The largest absolute Gasteiger partial charge is 0.313 e. The summed E-state index contributed by atoms with van der Waals surface area (Å²) in [6.07, 6.45) is 4.90. The lowest BCUT2D eigenvalue weighted by Gasteiger charge is -2.37. The topological polar surface area (TPSA) is 15.3 Å². The molecule has 1 aromatic carbocycles. The van der Waals surface area contributed by atoms with Crippen LogP contribution in [-0.4, -0.2) is 37.1 Å². The SMILES string of the molecule is CN(CCNC1CC(c2ccccc2F)C1)C1CC1. The van der Waals surface area contributed by atoms with Crippen molar-refractivity contribution in [3.8, 4) is 0 Å². The summed E-state index contributed by atoms with van der Waals surface area (Å²) in [5.41, 5.74) is 0.899. The van der Waals surface area contributed by atoms with E-state index in [1.807, 2.05) is 12.1 Å². The monoisotopic (exact) mass is 262 g/mol. The Kier molecular flexibility index (Phi) is 3.85. The Balaban J connectivity index is 1.37. The molecule has 1 aromatic rings. The highest BCUT2D eigenvalue weighted by molar-refractivity contribution is 5.24. The number of hydrogen-bond acceptors (Lipinski definition) is 2. The number of likely N-dealkylation sites (N-methyl/N-ethyl adjacent to an activating group) is 1. The van der Waals surface area contributed by atoms with Crippen LogP contribution in [-0.2, 0) is 0 Å². The maximum atomic E-state index is 13.6. The molecule has 3 rings (SSSR count). The highest BCUT2D eigenvalue weighted by Gasteiger charge is 2.31. The van der Waals surface area contributed by atoms with E-state index in [2.05, 4.69) is 17.3 Å². The van der Waals surface area contributed by atoms with Gasteiger partial charge >= 0.3 is 0 Å². The molecule has 104 valence electrons. The molecular weight excluding hydrogens is 239 g/mol. The molecule has 2 saturated carbocycles. The average Bonchev–Trinajstić information content (AvgIpc) is 3.17. The fraction of sp³-hybridized carbons (Fsp3) is 0.625. The van der Waals surface area contributed by atoms with Gasteiger partial charge in [-0.2, -0.15) is 0 Å². The van der Waals surface area contributed by atoms with Crippen molar-refractivity contribution in [1.29, 1.82) is 0 Å². The van der Waals surface area contributed by atoms with Crippen LogP contribution in [0.1, 0.15) is 37.2 Å². The van der Waals surface area contributed by atoms with Gasteiger partial charge in [-0.3, -0.25) is 0 Å². The molecule has 0 radical (unpaired) electrons. The standard InChI is InChI=1S/C16H23FN2/c1-19(14-6-7-14)9-8-18-13-10-12(11-13)15-4-2-3-5-16(15)17/h2-5,12-14,18H,6-11H2,1H3. The molecule has 0 unspecified atom stereocenters. The average molecular weight is 262 g/mol. The van der Waals surface area contributed by atoms with Crippen LogP contribution in [0.4, 0.5) is 4.39 Å². The Bertz CT molecular complexity index is 425. The second kappa shape index (κ2) is 5.59. The predicted octanol–water partition coefficient (Wildman–Crippen LogP) is 2.76. The lowest BCUT2D eigenvalue weighted by Crippen LogP contribution is -2.43. The van der Waals surface area contributed by atoms with Gasteiger partial charge in [0.1, 0.15) is 5.82 Å². The third-order valence-electron chi connectivity index (χ3n) is 4.55. The van der Waals surface area contributed by atoms with Crippen LogP contribution >= 0.6 is 0 Å². The molecule has 0 amide bonds. The molecule has 3 heteroatoms. The van der Waals surface area contributed by atoms with Crippen LogP contribution < -0.4 is 5.32 Å². The van der Waals surface area contributed by atoms with Crippen molar-refractivity contribution < 1.29 is 4.39 Å². The number of benzene rings is 1. The van der Waals surface area contributed by atoms with E-state index in [1.165, 1.54) is 12.8 Å². The Labute approximate surface area is 115 Å². The van der Waals surface area contributed by atoms with Crippen molar-refractivity contribution in [3.05, 3.63) is 35.6 Å². The van der Waals surface area contributed by atoms with E-state index in [9.17, 15) is 4.39 Å². The third-order valence-corrected chi connectivity index (χ3v) is 4.55. The number of nitrogens with one attached hydrogen (secondary N) is 1. The predicted molar refractivity (Wildman–Crippen MR) is 75.8 cm³/mol. The van der Waals surface area contributed by atoms with Crippen LogP contribution in [0, 0.1) is 5.82 Å².